The van der Waals surface area contributed by atoms with Gasteiger partial charge in [-0.05, 0) is 6.92 Å². The lowest BCUT2D eigenvalue weighted by molar-refractivity contribution is -0.151. The van der Waals surface area contributed by atoms with Crippen LogP contribution in [0.5, 0.6) is 0 Å². The maximum atomic E-state index is 11.5. The van der Waals surface area contributed by atoms with Crippen molar-refractivity contribution in [2.75, 3.05) is 46.4 Å². The largest absolute Gasteiger partial charge is 0.459 e. The molecule has 1 saturated heterocycles. The van der Waals surface area contributed by atoms with E-state index in [1.807, 2.05) is 6.92 Å². The fourth-order valence-electron chi connectivity index (χ4n) is 1.58. The van der Waals surface area contributed by atoms with Crippen LogP contribution in [-0.2, 0) is 14.3 Å². The minimum atomic E-state index is -0.165. The summed E-state index contributed by atoms with van der Waals surface area (Å²) in [5.41, 5.74) is 0. The Labute approximate surface area is 90.7 Å². The van der Waals surface area contributed by atoms with Gasteiger partial charge in [-0.2, -0.15) is 0 Å². The molecule has 1 heterocycles. The van der Waals surface area contributed by atoms with Gasteiger partial charge < -0.3 is 14.8 Å². The summed E-state index contributed by atoms with van der Waals surface area (Å²) in [5, 5.41) is 3.24. The number of nitrogens with one attached hydrogen (secondary N) is 1. The molecule has 1 aliphatic heterocycles. The number of hydrogen-bond acceptors (Lipinski definition) is 5. The first kappa shape index (κ1) is 12.4. The molecule has 0 amide bonds. The Kier molecular flexibility index (Phi) is 5.60. The van der Waals surface area contributed by atoms with Gasteiger partial charge in [-0.25, -0.2) is 0 Å². The predicted molar refractivity (Wildman–Crippen MR) is 56.7 cm³/mol. The second kappa shape index (κ2) is 6.76. The quantitative estimate of drug-likeness (QED) is 0.626. The molecule has 5 nitrogen and oxygen atoms in total. The van der Waals surface area contributed by atoms with E-state index in [1.165, 1.54) is 0 Å². The Morgan fingerprint density at radius 3 is 2.73 bits per heavy atom. The maximum Gasteiger partial charge on any atom is 0.320 e. The van der Waals surface area contributed by atoms with Gasteiger partial charge in [-0.3, -0.25) is 9.69 Å². The number of carbonyl (C=O) groups is 1. The molecule has 0 radical (unpaired) electrons. The molecule has 0 aromatic heterocycles. The van der Waals surface area contributed by atoms with Gasteiger partial charge in [0.1, 0.15) is 6.10 Å². The number of rotatable bonds is 5. The molecule has 0 aliphatic carbocycles. The minimum absolute atomic E-state index is 0.162. The van der Waals surface area contributed by atoms with Crippen LogP contribution in [-0.4, -0.2) is 63.4 Å². The molecule has 15 heavy (non-hydrogen) atoms. The second-order valence-electron chi connectivity index (χ2n) is 3.78. The Balaban J connectivity index is 2.16. The van der Waals surface area contributed by atoms with Crippen molar-refractivity contribution in [2.24, 2.45) is 0 Å². The Bertz CT molecular complexity index is 193. The van der Waals surface area contributed by atoms with E-state index < -0.39 is 0 Å². The van der Waals surface area contributed by atoms with Crippen molar-refractivity contribution in [1.82, 2.24) is 10.2 Å². The van der Waals surface area contributed by atoms with Crippen LogP contribution in [0.15, 0.2) is 0 Å². The lowest BCUT2D eigenvalue weighted by Crippen LogP contribution is -2.46. The zero-order chi connectivity index (χ0) is 11.1. The van der Waals surface area contributed by atoms with E-state index in [4.69, 9.17) is 9.47 Å². The third-order valence-electron chi connectivity index (χ3n) is 2.30. The first-order valence-electron chi connectivity index (χ1n) is 5.34. The highest BCUT2D eigenvalue weighted by Gasteiger charge is 2.16. The van der Waals surface area contributed by atoms with Crippen molar-refractivity contribution in [2.45, 2.75) is 13.0 Å². The number of ether oxygens (including phenoxy) is 2. The molecule has 1 atom stereocenters. The van der Waals surface area contributed by atoms with Crippen LogP contribution >= 0.6 is 0 Å². The van der Waals surface area contributed by atoms with Gasteiger partial charge in [0.15, 0.2) is 0 Å². The summed E-state index contributed by atoms with van der Waals surface area (Å²) in [6, 6.07) is 0. The molecule has 1 aliphatic rings. The van der Waals surface area contributed by atoms with Crippen molar-refractivity contribution < 1.29 is 14.3 Å². The molecular formula is C10H20N2O3. The van der Waals surface area contributed by atoms with Crippen LogP contribution in [0.2, 0.25) is 0 Å². The lowest BCUT2D eigenvalue weighted by Gasteiger charge is -2.26. The fourth-order valence-corrected chi connectivity index (χ4v) is 1.58. The molecule has 1 unspecified atom stereocenters. The average Bonchev–Trinajstić information content (AvgIpc) is 2.19. The SMILES string of the molecule is COCC(C)OC(=O)CN1CCNCC1. The topological polar surface area (TPSA) is 50.8 Å². The molecule has 0 bridgehead atoms. The molecule has 0 saturated carbocycles. The van der Waals surface area contributed by atoms with Crippen LogP contribution in [0.3, 0.4) is 0 Å². The standard InChI is InChI=1S/C10H20N2O3/c1-9(8-14-2)15-10(13)7-12-5-3-11-4-6-12/h9,11H,3-8H2,1-2H3. The summed E-state index contributed by atoms with van der Waals surface area (Å²) in [7, 11) is 1.60. The minimum Gasteiger partial charge on any atom is -0.459 e. The van der Waals surface area contributed by atoms with E-state index >= 15 is 0 Å². The van der Waals surface area contributed by atoms with Gasteiger partial charge >= 0.3 is 5.97 Å². The first-order valence-corrected chi connectivity index (χ1v) is 5.34. The van der Waals surface area contributed by atoms with Crippen molar-refractivity contribution in [3.63, 3.8) is 0 Å². The molecule has 0 aromatic rings. The van der Waals surface area contributed by atoms with E-state index in [1.54, 1.807) is 7.11 Å². The zero-order valence-electron chi connectivity index (χ0n) is 9.49. The van der Waals surface area contributed by atoms with Gasteiger partial charge in [0.25, 0.3) is 0 Å². The molecule has 0 aromatic carbocycles. The Morgan fingerprint density at radius 1 is 1.47 bits per heavy atom. The van der Waals surface area contributed by atoms with E-state index in [2.05, 4.69) is 10.2 Å². The summed E-state index contributed by atoms with van der Waals surface area (Å²) in [6.07, 6.45) is -0.162. The van der Waals surface area contributed by atoms with Gasteiger partial charge in [0.05, 0.1) is 13.2 Å². The monoisotopic (exact) mass is 216 g/mol. The van der Waals surface area contributed by atoms with Gasteiger partial charge in [0.2, 0.25) is 0 Å². The third-order valence-corrected chi connectivity index (χ3v) is 2.30. The number of hydrogen-bond donors (Lipinski definition) is 1. The summed E-state index contributed by atoms with van der Waals surface area (Å²) < 4.78 is 10.1. The Morgan fingerprint density at radius 2 is 2.13 bits per heavy atom. The Hall–Kier alpha value is -0.650. The van der Waals surface area contributed by atoms with E-state index in [0.29, 0.717) is 13.2 Å². The normalized spacial score (nSPS) is 19.9. The second-order valence-corrected chi connectivity index (χ2v) is 3.78. The van der Waals surface area contributed by atoms with E-state index in [-0.39, 0.29) is 12.1 Å². The molecule has 5 heteroatoms. The van der Waals surface area contributed by atoms with Gasteiger partial charge in [-0.15, -0.1) is 0 Å². The van der Waals surface area contributed by atoms with Crippen molar-refractivity contribution in [1.29, 1.82) is 0 Å². The lowest BCUT2D eigenvalue weighted by atomic mass is 10.3. The van der Waals surface area contributed by atoms with Crippen LogP contribution < -0.4 is 5.32 Å². The number of carbonyl (C=O) groups excluding carboxylic acids is 1. The highest BCUT2D eigenvalue weighted by Crippen LogP contribution is 1.96. The van der Waals surface area contributed by atoms with Crippen molar-refractivity contribution in [3.05, 3.63) is 0 Å². The summed E-state index contributed by atoms with van der Waals surface area (Å²) >= 11 is 0. The van der Waals surface area contributed by atoms with Gasteiger partial charge in [0, 0.05) is 33.3 Å². The maximum absolute atomic E-state index is 11.5. The van der Waals surface area contributed by atoms with E-state index in [9.17, 15) is 4.79 Å². The molecule has 1 rings (SSSR count). The number of esters is 1. The number of piperazine rings is 1. The van der Waals surface area contributed by atoms with Crippen molar-refractivity contribution >= 4 is 5.97 Å². The zero-order valence-corrected chi connectivity index (χ0v) is 9.49. The van der Waals surface area contributed by atoms with Crippen molar-refractivity contribution in [3.8, 4) is 0 Å². The molecule has 88 valence electrons. The highest BCUT2D eigenvalue weighted by molar-refractivity contribution is 5.71. The van der Waals surface area contributed by atoms with Crippen LogP contribution in [0.1, 0.15) is 6.92 Å². The third kappa shape index (κ3) is 5.11. The first-order chi connectivity index (χ1) is 7.22. The number of methoxy groups -OCH3 is 1. The summed E-state index contributed by atoms with van der Waals surface area (Å²) in [5.74, 6) is -0.165. The highest BCUT2D eigenvalue weighted by atomic mass is 16.6. The van der Waals surface area contributed by atoms with Gasteiger partial charge in [-0.1, -0.05) is 0 Å². The number of nitrogens with zero attached hydrogens (tertiary/aromatic N) is 1. The van der Waals surface area contributed by atoms with Crippen LogP contribution in [0.4, 0.5) is 0 Å². The molecule has 0 spiro atoms. The summed E-state index contributed by atoms with van der Waals surface area (Å²) in [6.45, 7) is 6.38. The fraction of sp³-hybridized carbons (Fsp3) is 0.900. The van der Waals surface area contributed by atoms with Crippen LogP contribution in [0.25, 0.3) is 0 Å². The average molecular weight is 216 g/mol. The predicted octanol–water partition coefficient (Wildman–Crippen LogP) is -0.530. The molecule has 1 N–H and O–H groups in total. The smallest absolute Gasteiger partial charge is 0.320 e. The van der Waals surface area contributed by atoms with E-state index in [0.717, 1.165) is 26.2 Å². The molecule has 1 fully saturated rings. The molecular weight excluding hydrogens is 196 g/mol. The summed E-state index contributed by atoms with van der Waals surface area (Å²) in [4.78, 5) is 13.6. The van der Waals surface area contributed by atoms with Crippen LogP contribution in [0, 0.1) is 0 Å².